The maximum absolute atomic E-state index is 12.8. The third-order valence-electron chi connectivity index (χ3n) is 3.32. The average Bonchev–Trinajstić information content (AvgIpc) is 3.10. The summed E-state index contributed by atoms with van der Waals surface area (Å²) in [5.74, 6) is 1.15. The predicted molar refractivity (Wildman–Crippen MR) is 67.9 cm³/mol. The molecule has 1 aliphatic rings. The van der Waals surface area contributed by atoms with Crippen LogP contribution < -0.4 is 5.73 Å². The van der Waals surface area contributed by atoms with Crippen molar-refractivity contribution in [1.82, 2.24) is 14.8 Å². The maximum atomic E-state index is 12.8. The van der Waals surface area contributed by atoms with Gasteiger partial charge in [-0.1, -0.05) is 0 Å². The Bertz CT molecular complexity index is 656. The Balaban J connectivity index is 2.13. The summed E-state index contributed by atoms with van der Waals surface area (Å²) in [7, 11) is 0. The summed E-state index contributed by atoms with van der Waals surface area (Å²) in [5.41, 5.74) is 5.24. The highest BCUT2D eigenvalue weighted by Gasteiger charge is 2.33. The van der Waals surface area contributed by atoms with Gasteiger partial charge in [-0.15, -0.1) is 10.2 Å². The van der Waals surface area contributed by atoms with Gasteiger partial charge in [-0.2, -0.15) is 13.2 Å². The lowest BCUT2D eigenvalue weighted by molar-refractivity contribution is -0.137. The zero-order chi connectivity index (χ0) is 14.5. The Kier molecular flexibility index (Phi) is 2.74. The molecule has 1 fully saturated rings. The second-order valence-corrected chi connectivity index (χ2v) is 5.01. The number of rotatable bonds is 2. The molecule has 0 atom stereocenters. The summed E-state index contributed by atoms with van der Waals surface area (Å²) >= 11 is 0. The number of aromatic nitrogens is 3. The Labute approximate surface area is 113 Å². The van der Waals surface area contributed by atoms with Crippen molar-refractivity contribution in [2.24, 2.45) is 0 Å². The molecule has 1 aliphatic carbocycles. The summed E-state index contributed by atoms with van der Waals surface area (Å²) in [6.07, 6.45) is -2.43. The van der Waals surface area contributed by atoms with Crippen LogP contribution in [-0.2, 0) is 6.18 Å². The third kappa shape index (κ3) is 2.23. The van der Waals surface area contributed by atoms with Crippen molar-refractivity contribution in [3.63, 3.8) is 0 Å². The van der Waals surface area contributed by atoms with E-state index < -0.39 is 11.7 Å². The van der Waals surface area contributed by atoms with Crippen molar-refractivity contribution in [3.05, 3.63) is 29.6 Å². The molecular formula is C13H13F3N4. The largest absolute Gasteiger partial charge is 0.416 e. The van der Waals surface area contributed by atoms with E-state index in [0.717, 1.165) is 25.0 Å². The minimum absolute atomic E-state index is 0.0674. The molecule has 1 heterocycles. The lowest BCUT2D eigenvalue weighted by atomic mass is 10.1. The molecule has 0 spiro atoms. The van der Waals surface area contributed by atoms with E-state index in [1.807, 2.05) is 4.57 Å². The number of aryl methyl sites for hydroxylation is 1. The van der Waals surface area contributed by atoms with Gasteiger partial charge in [0.25, 0.3) is 0 Å². The standard InChI is InChI=1S/C13H13F3N4/c1-7-18-19-12(20(7)11-2-3-11)8-4-9(13(14,15)16)6-10(17)5-8/h4-6,11H,2-3,17H2,1H3. The first-order chi connectivity index (χ1) is 9.36. The monoisotopic (exact) mass is 282 g/mol. The van der Waals surface area contributed by atoms with Crippen molar-refractivity contribution in [3.8, 4) is 11.4 Å². The molecule has 1 saturated carbocycles. The number of nitrogens with zero attached hydrogens (tertiary/aromatic N) is 3. The predicted octanol–water partition coefficient (Wildman–Crippen LogP) is 3.19. The van der Waals surface area contributed by atoms with Gasteiger partial charge in [0.1, 0.15) is 5.82 Å². The highest BCUT2D eigenvalue weighted by atomic mass is 19.4. The first-order valence-corrected chi connectivity index (χ1v) is 6.26. The van der Waals surface area contributed by atoms with Crippen LogP contribution in [0, 0.1) is 6.92 Å². The van der Waals surface area contributed by atoms with Crippen molar-refractivity contribution in [1.29, 1.82) is 0 Å². The second kappa shape index (κ2) is 4.22. The van der Waals surface area contributed by atoms with Gasteiger partial charge >= 0.3 is 6.18 Å². The first-order valence-electron chi connectivity index (χ1n) is 6.26. The number of nitrogen functional groups attached to an aromatic ring is 1. The van der Waals surface area contributed by atoms with Crippen LogP contribution in [0.25, 0.3) is 11.4 Å². The van der Waals surface area contributed by atoms with Crippen LogP contribution in [0.3, 0.4) is 0 Å². The number of benzene rings is 1. The number of hydrogen-bond donors (Lipinski definition) is 1. The van der Waals surface area contributed by atoms with Crippen LogP contribution in [0.5, 0.6) is 0 Å². The molecule has 0 saturated heterocycles. The topological polar surface area (TPSA) is 56.7 Å². The van der Waals surface area contributed by atoms with Crippen molar-refractivity contribution in [2.75, 3.05) is 5.73 Å². The van der Waals surface area contributed by atoms with E-state index in [9.17, 15) is 13.2 Å². The van der Waals surface area contributed by atoms with Crippen LogP contribution in [-0.4, -0.2) is 14.8 Å². The van der Waals surface area contributed by atoms with Gasteiger partial charge in [0, 0.05) is 17.3 Å². The Morgan fingerprint density at radius 2 is 1.90 bits per heavy atom. The van der Waals surface area contributed by atoms with Gasteiger partial charge in [0.2, 0.25) is 0 Å². The molecule has 0 unspecified atom stereocenters. The van der Waals surface area contributed by atoms with Crippen LogP contribution in [0.1, 0.15) is 30.3 Å². The zero-order valence-electron chi connectivity index (χ0n) is 10.8. The zero-order valence-corrected chi connectivity index (χ0v) is 10.8. The minimum Gasteiger partial charge on any atom is -0.399 e. The van der Waals surface area contributed by atoms with E-state index in [-0.39, 0.29) is 11.7 Å². The van der Waals surface area contributed by atoms with Crippen molar-refractivity contribution in [2.45, 2.75) is 32.0 Å². The number of anilines is 1. The molecule has 7 heteroatoms. The molecule has 1 aromatic heterocycles. The Morgan fingerprint density at radius 1 is 1.20 bits per heavy atom. The second-order valence-electron chi connectivity index (χ2n) is 5.01. The molecule has 0 bridgehead atoms. The van der Waals surface area contributed by atoms with E-state index in [1.165, 1.54) is 6.07 Å². The minimum atomic E-state index is -4.43. The van der Waals surface area contributed by atoms with E-state index in [1.54, 1.807) is 6.92 Å². The van der Waals surface area contributed by atoms with Gasteiger partial charge in [0.15, 0.2) is 5.82 Å². The lowest BCUT2D eigenvalue weighted by Crippen LogP contribution is -2.07. The van der Waals surface area contributed by atoms with Gasteiger partial charge in [-0.3, -0.25) is 0 Å². The first kappa shape index (κ1) is 13.0. The van der Waals surface area contributed by atoms with Crippen LogP contribution in [0.4, 0.5) is 18.9 Å². The molecule has 0 radical (unpaired) electrons. The molecule has 2 N–H and O–H groups in total. The molecular weight excluding hydrogens is 269 g/mol. The summed E-state index contributed by atoms with van der Waals surface area (Å²) in [6.45, 7) is 1.80. The summed E-state index contributed by atoms with van der Waals surface area (Å²) in [4.78, 5) is 0. The van der Waals surface area contributed by atoms with Gasteiger partial charge in [-0.05, 0) is 38.0 Å². The fourth-order valence-electron chi connectivity index (χ4n) is 2.28. The smallest absolute Gasteiger partial charge is 0.399 e. The molecule has 0 amide bonds. The SMILES string of the molecule is Cc1nnc(-c2cc(N)cc(C(F)(F)F)c2)n1C1CC1. The number of nitrogens with two attached hydrogens (primary N) is 1. The fourth-order valence-corrected chi connectivity index (χ4v) is 2.28. The summed E-state index contributed by atoms with van der Waals surface area (Å²) in [5, 5.41) is 7.97. The maximum Gasteiger partial charge on any atom is 0.416 e. The van der Waals surface area contributed by atoms with Gasteiger partial charge < -0.3 is 10.3 Å². The molecule has 4 nitrogen and oxygen atoms in total. The molecule has 1 aromatic carbocycles. The summed E-state index contributed by atoms with van der Waals surface area (Å²) < 4.78 is 40.4. The molecule has 0 aliphatic heterocycles. The van der Waals surface area contributed by atoms with Crippen LogP contribution in [0.2, 0.25) is 0 Å². The quantitative estimate of drug-likeness (QED) is 0.861. The average molecular weight is 282 g/mol. The Hall–Kier alpha value is -2.05. The Morgan fingerprint density at radius 3 is 2.50 bits per heavy atom. The van der Waals surface area contributed by atoms with Crippen molar-refractivity contribution >= 4 is 5.69 Å². The van der Waals surface area contributed by atoms with E-state index >= 15 is 0 Å². The van der Waals surface area contributed by atoms with Gasteiger partial charge in [0.05, 0.1) is 5.56 Å². The fraction of sp³-hybridized carbons (Fsp3) is 0.385. The molecule has 20 heavy (non-hydrogen) atoms. The lowest BCUT2D eigenvalue weighted by Gasteiger charge is -2.11. The molecule has 3 rings (SSSR count). The number of halogens is 3. The van der Waals surface area contributed by atoms with Gasteiger partial charge in [-0.25, -0.2) is 0 Å². The number of alkyl halides is 3. The summed E-state index contributed by atoms with van der Waals surface area (Å²) in [6, 6.07) is 3.78. The van der Waals surface area contributed by atoms with Crippen LogP contribution in [0.15, 0.2) is 18.2 Å². The van der Waals surface area contributed by atoms with E-state index in [4.69, 9.17) is 5.73 Å². The van der Waals surface area contributed by atoms with Crippen LogP contribution >= 0.6 is 0 Å². The van der Waals surface area contributed by atoms with Crippen molar-refractivity contribution < 1.29 is 13.2 Å². The normalized spacial score (nSPS) is 15.6. The molecule has 106 valence electrons. The third-order valence-corrected chi connectivity index (χ3v) is 3.32. The highest BCUT2D eigenvalue weighted by Crippen LogP contribution is 2.40. The van der Waals surface area contributed by atoms with E-state index in [0.29, 0.717) is 17.2 Å². The highest BCUT2D eigenvalue weighted by molar-refractivity contribution is 5.64. The number of hydrogen-bond acceptors (Lipinski definition) is 3. The molecule has 2 aromatic rings. The van der Waals surface area contributed by atoms with E-state index in [2.05, 4.69) is 10.2 Å².